The van der Waals surface area contributed by atoms with Gasteiger partial charge in [-0.2, -0.15) is 0 Å². The van der Waals surface area contributed by atoms with E-state index in [-0.39, 0.29) is 36.1 Å². The van der Waals surface area contributed by atoms with Crippen LogP contribution in [0, 0.1) is 39.0 Å². The Morgan fingerprint density at radius 1 is 0.692 bits per heavy atom. The van der Waals surface area contributed by atoms with E-state index in [1.165, 1.54) is 69.8 Å². The first kappa shape index (κ1) is 42.0. The second-order valence-electron chi connectivity index (χ2n) is 14.9. The van der Waals surface area contributed by atoms with Crippen LogP contribution in [0.3, 0.4) is 0 Å². The average molecular weight is 837 g/mol. The number of halogens is 8. The Labute approximate surface area is 323 Å². The van der Waals surface area contributed by atoms with Crippen LogP contribution in [0.1, 0.15) is 89.8 Å². The van der Waals surface area contributed by atoms with Gasteiger partial charge in [-0.05, 0) is 0 Å². The molecule has 6 rings (SSSR count). The van der Waals surface area contributed by atoms with Gasteiger partial charge < -0.3 is 0 Å². The zero-order chi connectivity index (χ0) is 36.5. The van der Waals surface area contributed by atoms with Crippen molar-refractivity contribution < 1.29 is 47.6 Å². The molecule has 0 N–H and O–H groups in total. The van der Waals surface area contributed by atoms with Crippen LogP contribution in [0.2, 0.25) is 0 Å². The fraction of sp³-hybridized carbons (Fsp3) is 0.326. The Balaban J connectivity index is 0.00000302. The molecule has 0 bridgehead atoms. The first-order chi connectivity index (χ1) is 23.3. The van der Waals surface area contributed by atoms with Gasteiger partial charge in [-0.3, -0.25) is 0 Å². The van der Waals surface area contributed by atoms with Crippen molar-refractivity contribution in [3.63, 3.8) is 0 Å². The predicted octanol–water partition coefficient (Wildman–Crippen LogP) is 12.8. The van der Waals surface area contributed by atoms with E-state index in [9.17, 15) is 26.3 Å². The molecule has 4 aromatic rings. The summed E-state index contributed by atoms with van der Waals surface area (Å²) < 4.78 is 86.5. The standard InChI is InChI=1S/C17H17.C15H8F6.C11H17.2ClH.Zr/c1-10-5-14-9-15-6-11(2)13(4)8-17(15)16(14)7-12(10)3;16-14(17,18)12-5-1-10(2-6-12)9-11-3-7-13(8-4-11)15(19,20)21;1-5-9-6-7-10(8-9)11(2,3)4;;;/h5,7-8H,9H2,1-4H3;1-8H;7-9H,5H2,1-4H3;2*1H;. The number of benzene rings is 4. The summed E-state index contributed by atoms with van der Waals surface area (Å²) in [5, 5.41) is 0. The minimum atomic E-state index is -4.52. The molecule has 4 aromatic carbocycles. The third-order valence-corrected chi connectivity index (χ3v) is 18.7. The normalized spacial score (nSPS) is 15.2. The van der Waals surface area contributed by atoms with Gasteiger partial charge in [-0.25, -0.2) is 0 Å². The summed E-state index contributed by atoms with van der Waals surface area (Å²) in [6.45, 7) is 17.2. The Morgan fingerprint density at radius 3 is 1.63 bits per heavy atom. The topological polar surface area (TPSA) is 0 Å². The van der Waals surface area contributed by atoms with Crippen LogP contribution < -0.4 is 3.27 Å². The van der Waals surface area contributed by atoms with Crippen LogP contribution in [0.15, 0.2) is 87.7 Å². The number of aryl methyl sites for hydroxylation is 3. The minimum Gasteiger partial charge on any atom is -0.147 e. The number of hydrogen-bond donors (Lipinski definition) is 0. The third kappa shape index (κ3) is 7.89. The molecule has 2 aliphatic carbocycles. The Morgan fingerprint density at radius 2 is 1.17 bits per heavy atom. The fourth-order valence-corrected chi connectivity index (χ4v) is 16.7. The molecule has 0 aromatic heterocycles. The van der Waals surface area contributed by atoms with Crippen molar-refractivity contribution in [2.24, 2.45) is 11.3 Å². The molecule has 0 saturated carbocycles. The monoisotopic (exact) mass is 834 g/mol. The molecule has 52 heavy (non-hydrogen) atoms. The van der Waals surface area contributed by atoms with E-state index < -0.39 is 44.7 Å². The number of fused-ring (bicyclic) bond motifs is 3. The van der Waals surface area contributed by atoms with Crippen molar-refractivity contribution in [2.75, 3.05) is 0 Å². The molecule has 0 spiro atoms. The van der Waals surface area contributed by atoms with E-state index in [1.54, 1.807) is 0 Å². The summed E-state index contributed by atoms with van der Waals surface area (Å²) in [7, 11) is 0. The maximum absolute atomic E-state index is 13.8. The van der Waals surface area contributed by atoms with Gasteiger partial charge in [-0.15, -0.1) is 24.8 Å². The number of hydrogen-bond acceptors (Lipinski definition) is 0. The van der Waals surface area contributed by atoms with E-state index in [0.29, 0.717) is 11.1 Å². The summed E-state index contributed by atoms with van der Waals surface area (Å²) in [5.74, 6) is 0.112. The molecule has 0 nitrogen and oxygen atoms in total. The number of alkyl halides is 6. The Bertz CT molecular complexity index is 2030. The molecular weight excluding hydrogens is 793 g/mol. The minimum absolute atomic E-state index is 0. The van der Waals surface area contributed by atoms with Gasteiger partial charge in [0.25, 0.3) is 0 Å². The first-order valence-electron chi connectivity index (χ1n) is 17.1. The summed E-state index contributed by atoms with van der Waals surface area (Å²) in [6, 6.07) is 17.3. The van der Waals surface area contributed by atoms with Gasteiger partial charge >= 0.3 is 301 Å². The second-order valence-corrected chi connectivity index (χ2v) is 20.6. The zero-order valence-corrected chi connectivity index (χ0v) is 34.7. The average Bonchev–Trinajstić information content (AvgIpc) is 3.62. The molecule has 0 fully saturated rings. The van der Waals surface area contributed by atoms with Crippen LogP contribution in [-0.2, 0) is 40.0 Å². The van der Waals surface area contributed by atoms with Crippen LogP contribution >= 0.6 is 24.8 Å². The summed E-state index contributed by atoms with van der Waals surface area (Å²) >= 11 is -3.52. The number of rotatable bonds is 5. The van der Waals surface area contributed by atoms with Crippen LogP contribution in [0.5, 0.6) is 0 Å². The molecule has 0 amide bonds. The molecule has 1 atom stereocenters. The van der Waals surface area contributed by atoms with Crippen LogP contribution in [0.4, 0.5) is 26.3 Å². The van der Waals surface area contributed by atoms with Crippen LogP contribution in [0.25, 0.3) is 11.1 Å². The maximum Gasteiger partial charge on any atom is -0.147 e. The number of allylic oxidation sites excluding steroid dienone is 4. The van der Waals surface area contributed by atoms with Gasteiger partial charge in [0.2, 0.25) is 0 Å². The quantitative estimate of drug-likeness (QED) is 0.155. The van der Waals surface area contributed by atoms with Gasteiger partial charge in [0.1, 0.15) is 0 Å². The molecule has 0 heterocycles. The van der Waals surface area contributed by atoms with Gasteiger partial charge in [0, 0.05) is 0 Å². The van der Waals surface area contributed by atoms with Crippen molar-refractivity contribution in [1.82, 2.24) is 0 Å². The largest absolute Gasteiger partial charge is 0.147 e. The molecule has 2 aliphatic rings. The van der Waals surface area contributed by atoms with E-state index in [0.717, 1.165) is 51.4 Å². The van der Waals surface area contributed by atoms with Crippen molar-refractivity contribution in [3.8, 4) is 11.1 Å². The maximum atomic E-state index is 13.8. The molecule has 0 aliphatic heterocycles. The van der Waals surface area contributed by atoms with Crippen LogP contribution in [-0.4, -0.2) is 3.21 Å². The van der Waals surface area contributed by atoms with Gasteiger partial charge in [0.05, 0.1) is 0 Å². The first-order valence-corrected chi connectivity index (χ1v) is 20.8. The van der Waals surface area contributed by atoms with Crippen molar-refractivity contribution in [1.29, 1.82) is 0 Å². The molecule has 0 radical (unpaired) electrons. The molecule has 276 valence electrons. The predicted molar refractivity (Wildman–Crippen MR) is 203 cm³/mol. The van der Waals surface area contributed by atoms with E-state index in [1.807, 2.05) is 0 Å². The summed E-state index contributed by atoms with van der Waals surface area (Å²) in [6.07, 6.45) is -2.77. The second kappa shape index (κ2) is 15.2. The smallest absolute Gasteiger partial charge is 0.147 e. The molecule has 9 heteroatoms. The van der Waals surface area contributed by atoms with Gasteiger partial charge in [0.15, 0.2) is 0 Å². The van der Waals surface area contributed by atoms with Gasteiger partial charge in [-0.1, -0.05) is 0 Å². The Kier molecular flexibility index (Phi) is 12.3. The van der Waals surface area contributed by atoms with Crippen molar-refractivity contribution in [3.05, 3.63) is 143 Å². The summed E-state index contributed by atoms with van der Waals surface area (Å²) in [4.78, 5) is 0. The van der Waals surface area contributed by atoms with Crippen molar-refractivity contribution in [2.45, 2.75) is 80.6 Å². The zero-order valence-electron chi connectivity index (χ0n) is 30.6. The van der Waals surface area contributed by atoms with E-state index in [2.05, 4.69) is 85.7 Å². The third-order valence-electron chi connectivity index (χ3n) is 10.5. The van der Waals surface area contributed by atoms with Crippen molar-refractivity contribution >= 4 is 31.3 Å². The molecule has 1 unspecified atom stereocenters. The molecular formula is C43H44Cl2F6Zr. The fourth-order valence-electron chi connectivity index (χ4n) is 7.41. The SMILES string of the molecule is CCC1C=C(C(C)(C)C)C=[C]1[Zr](=[C](c1ccc(C(F)(F)F)cc1)c1ccc(C(F)(F)F)cc1)[c]1c(C)c(C)cc2c1Cc1cc(C)c(C)cc1-2.Cl.Cl. The molecule has 0 saturated heterocycles. The Hall–Kier alpha value is -2.73. The van der Waals surface area contributed by atoms with E-state index >= 15 is 0 Å². The van der Waals surface area contributed by atoms with E-state index in [4.69, 9.17) is 0 Å². The summed E-state index contributed by atoms with van der Waals surface area (Å²) in [5.41, 5.74) is 10.5.